The first-order valence-corrected chi connectivity index (χ1v) is 10.9. The number of nitrogen functional groups attached to an aromatic ring is 1. The van der Waals surface area contributed by atoms with Gasteiger partial charge in [0.05, 0.1) is 11.9 Å². The third-order valence-electron chi connectivity index (χ3n) is 6.50. The second-order valence-corrected chi connectivity index (χ2v) is 8.60. The molecule has 3 amide bonds. The summed E-state index contributed by atoms with van der Waals surface area (Å²) in [6.07, 6.45) is 2.46. The number of carbonyl (C=O) groups excluding carboxylic acids is 3. The van der Waals surface area contributed by atoms with Gasteiger partial charge in [0.2, 0.25) is 11.8 Å². The predicted molar refractivity (Wildman–Crippen MR) is 119 cm³/mol. The van der Waals surface area contributed by atoms with Crippen LogP contribution in [0.1, 0.15) is 34.3 Å². The molecule has 5 rings (SSSR count). The average Bonchev–Trinajstić information content (AvgIpc) is 3.10. The summed E-state index contributed by atoms with van der Waals surface area (Å²) in [5.74, 6) is -0.257. The van der Waals surface area contributed by atoms with Crippen LogP contribution >= 0.6 is 0 Å². The van der Waals surface area contributed by atoms with E-state index in [9.17, 15) is 14.4 Å². The molecule has 0 radical (unpaired) electrons. The molecule has 3 aliphatic heterocycles. The number of hydrogen-bond donors (Lipinski definition) is 2. The molecule has 1 aromatic carbocycles. The molecule has 2 aromatic rings. The number of amides is 3. The molecule has 1 aromatic heterocycles. The number of rotatable bonds is 4. The van der Waals surface area contributed by atoms with E-state index in [1.165, 1.54) is 0 Å². The number of aromatic nitrogens is 1. The summed E-state index contributed by atoms with van der Waals surface area (Å²) in [4.78, 5) is 47.0. The summed E-state index contributed by atoms with van der Waals surface area (Å²) in [6, 6.07) is 9.20. The van der Waals surface area contributed by atoms with Crippen molar-refractivity contribution in [3.05, 3.63) is 53.2 Å². The largest absolute Gasteiger partial charge is 0.384 e. The normalized spacial score (nSPS) is 21.6. The lowest BCUT2D eigenvalue weighted by Crippen LogP contribution is -2.52. The molecular formula is C23H26N6O3. The van der Waals surface area contributed by atoms with Crippen molar-refractivity contribution in [2.75, 3.05) is 36.8 Å². The van der Waals surface area contributed by atoms with Crippen molar-refractivity contribution in [3.8, 4) is 0 Å². The summed E-state index contributed by atoms with van der Waals surface area (Å²) < 4.78 is 0. The number of anilines is 2. The zero-order valence-electron chi connectivity index (χ0n) is 17.8. The van der Waals surface area contributed by atoms with Gasteiger partial charge < -0.3 is 15.5 Å². The van der Waals surface area contributed by atoms with Gasteiger partial charge in [-0.25, -0.2) is 4.98 Å². The Morgan fingerprint density at radius 1 is 1.06 bits per heavy atom. The Morgan fingerprint density at radius 3 is 2.59 bits per heavy atom. The molecule has 2 fully saturated rings. The average molecular weight is 435 g/mol. The van der Waals surface area contributed by atoms with Crippen LogP contribution in [-0.2, 0) is 22.7 Å². The van der Waals surface area contributed by atoms with E-state index in [-0.39, 0.29) is 24.1 Å². The van der Waals surface area contributed by atoms with Gasteiger partial charge in [0.1, 0.15) is 11.9 Å². The van der Waals surface area contributed by atoms with Gasteiger partial charge in [0.25, 0.3) is 5.91 Å². The maximum absolute atomic E-state index is 12.8. The van der Waals surface area contributed by atoms with Crippen molar-refractivity contribution in [2.45, 2.75) is 32.0 Å². The molecular weight excluding hydrogens is 408 g/mol. The molecule has 1 unspecified atom stereocenters. The SMILES string of the molecule is Nc1ccc(N2CCN(Cc3ccc4c(c3)CN(C3CCC(=O)NC3=O)C4=O)CC2)cn1. The Hall–Kier alpha value is -3.46. The fourth-order valence-corrected chi connectivity index (χ4v) is 4.73. The van der Waals surface area contributed by atoms with E-state index in [1.807, 2.05) is 30.5 Å². The van der Waals surface area contributed by atoms with Crippen LogP contribution in [0.5, 0.6) is 0 Å². The first-order valence-electron chi connectivity index (χ1n) is 10.9. The number of benzene rings is 1. The summed E-state index contributed by atoms with van der Waals surface area (Å²) >= 11 is 0. The van der Waals surface area contributed by atoms with E-state index in [2.05, 4.69) is 26.2 Å². The maximum Gasteiger partial charge on any atom is 0.255 e. The van der Waals surface area contributed by atoms with Gasteiger partial charge in [0, 0.05) is 51.3 Å². The molecule has 3 N–H and O–H groups in total. The Morgan fingerprint density at radius 2 is 1.88 bits per heavy atom. The molecule has 0 aliphatic carbocycles. The van der Waals surface area contributed by atoms with Gasteiger partial charge in [-0.3, -0.25) is 24.6 Å². The van der Waals surface area contributed by atoms with E-state index in [1.54, 1.807) is 4.90 Å². The van der Waals surface area contributed by atoms with Crippen LogP contribution in [-0.4, -0.2) is 64.7 Å². The molecule has 4 heterocycles. The summed E-state index contributed by atoms with van der Waals surface area (Å²) in [5, 5.41) is 2.34. The Bertz CT molecular complexity index is 1060. The zero-order chi connectivity index (χ0) is 22.2. The molecule has 2 saturated heterocycles. The fraction of sp³-hybridized carbons (Fsp3) is 0.391. The quantitative estimate of drug-likeness (QED) is 0.683. The first-order chi connectivity index (χ1) is 15.5. The van der Waals surface area contributed by atoms with Crippen molar-refractivity contribution >= 4 is 29.2 Å². The van der Waals surface area contributed by atoms with Crippen LogP contribution in [0.25, 0.3) is 0 Å². The third kappa shape index (κ3) is 3.91. The maximum atomic E-state index is 12.8. The van der Waals surface area contributed by atoms with Gasteiger partial charge in [-0.2, -0.15) is 0 Å². The highest BCUT2D eigenvalue weighted by molar-refractivity contribution is 6.05. The van der Waals surface area contributed by atoms with Crippen LogP contribution in [0.4, 0.5) is 11.5 Å². The Labute approximate surface area is 186 Å². The summed E-state index contributed by atoms with van der Waals surface area (Å²) in [5.41, 5.74) is 9.52. The Kier molecular flexibility index (Phi) is 5.26. The third-order valence-corrected chi connectivity index (χ3v) is 6.50. The first kappa shape index (κ1) is 20.4. The molecule has 32 heavy (non-hydrogen) atoms. The summed E-state index contributed by atoms with van der Waals surface area (Å²) in [7, 11) is 0. The number of nitrogens with two attached hydrogens (primary N) is 1. The standard InChI is InChI=1S/C23H26N6O3/c24-20-5-2-17(12-25-20)28-9-7-27(8-10-28)13-15-1-3-18-16(11-15)14-29(23(18)32)19-4-6-21(30)26-22(19)31/h1-3,5,11-12,19H,4,6-10,13-14H2,(H2,24,25)(H,26,30,31). The van der Waals surface area contributed by atoms with Gasteiger partial charge in [-0.15, -0.1) is 0 Å². The minimum atomic E-state index is -0.577. The minimum absolute atomic E-state index is 0.133. The highest BCUT2D eigenvalue weighted by Gasteiger charge is 2.39. The fourth-order valence-electron chi connectivity index (χ4n) is 4.73. The van der Waals surface area contributed by atoms with Gasteiger partial charge in [-0.05, 0) is 35.7 Å². The van der Waals surface area contributed by atoms with Gasteiger partial charge >= 0.3 is 0 Å². The lowest BCUT2D eigenvalue weighted by atomic mass is 10.0. The van der Waals surface area contributed by atoms with E-state index in [4.69, 9.17) is 5.73 Å². The molecule has 0 bridgehead atoms. The van der Waals surface area contributed by atoms with E-state index >= 15 is 0 Å². The summed E-state index contributed by atoms with van der Waals surface area (Å²) in [6.45, 7) is 4.92. The lowest BCUT2D eigenvalue weighted by molar-refractivity contribution is -0.136. The highest BCUT2D eigenvalue weighted by Crippen LogP contribution is 2.28. The van der Waals surface area contributed by atoms with Crippen LogP contribution in [0.3, 0.4) is 0 Å². The number of piperidine rings is 1. The van der Waals surface area contributed by atoms with E-state index in [0.717, 1.165) is 49.5 Å². The zero-order valence-corrected chi connectivity index (χ0v) is 17.8. The van der Waals surface area contributed by atoms with Crippen molar-refractivity contribution < 1.29 is 14.4 Å². The number of nitrogens with one attached hydrogen (secondary N) is 1. The predicted octanol–water partition coefficient (Wildman–Crippen LogP) is 0.747. The molecule has 0 saturated carbocycles. The number of nitrogens with zero attached hydrogens (tertiary/aromatic N) is 4. The number of carbonyl (C=O) groups is 3. The molecule has 0 spiro atoms. The van der Waals surface area contributed by atoms with Crippen molar-refractivity contribution in [2.24, 2.45) is 0 Å². The molecule has 9 nitrogen and oxygen atoms in total. The molecule has 1 atom stereocenters. The second-order valence-electron chi connectivity index (χ2n) is 8.60. The van der Waals surface area contributed by atoms with Crippen LogP contribution in [0, 0.1) is 0 Å². The highest BCUT2D eigenvalue weighted by atomic mass is 16.2. The molecule has 9 heteroatoms. The second kappa shape index (κ2) is 8.23. The number of hydrogen-bond acceptors (Lipinski definition) is 7. The Balaban J connectivity index is 1.21. The number of pyridine rings is 1. The van der Waals surface area contributed by atoms with Crippen LogP contribution in [0.2, 0.25) is 0 Å². The topological polar surface area (TPSA) is 112 Å². The van der Waals surface area contributed by atoms with E-state index in [0.29, 0.717) is 24.3 Å². The number of piperazine rings is 1. The van der Waals surface area contributed by atoms with Gasteiger partial charge in [0.15, 0.2) is 0 Å². The lowest BCUT2D eigenvalue weighted by Gasteiger charge is -2.36. The van der Waals surface area contributed by atoms with Crippen molar-refractivity contribution in [1.82, 2.24) is 20.1 Å². The number of fused-ring (bicyclic) bond motifs is 1. The van der Waals surface area contributed by atoms with Gasteiger partial charge in [-0.1, -0.05) is 12.1 Å². The van der Waals surface area contributed by atoms with Crippen molar-refractivity contribution in [1.29, 1.82) is 0 Å². The smallest absolute Gasteiger partial charge is 0.255 e. The molecule has 3 aliphatic rings. The number of imide groups is 1. The van der Waals surface area contributed by atoms with Crippen LogP contribution < -0.4 is 16.0 Å². The molecule has 166 valence electrons. The minimum Gasteiger partial charge on any atom is -0.384 e. The van der Waals surface area contributed by atoms with E-state index < -0.39 is 6.04 Å². The van der Waals surface area contributed by atoms with Crippen LogP contribution in [0.15, 0.2) is 36.5 Å². The van der Waals surface area contributed by atoms with Crippen molar-refractivity contribution in [3.63, 3.8) is 0 Å². The monoisotopic (exact) mass is 434 g/mol.